The van der Waals surface area contributed by atoms with Crippen LogP contribution in [-0.2, 0) is 19.4 Å². The molecule has 1 fully saturated rings. The molecular formula is C12H24N2O4S. The van der Waals surface area contributed by atoms with Gasteiger partial charge in [-0.15, -0.1) is 0 Å². The van der Waals surface area contributed by atoms with Crippen molar-refractivity contribution in [2.75, 3.05) is 38.8 Å². The molecule has 1 N–H and O–H groups in total. The summed E-state index contributed by atoms with van der Waals surface area (Å²) in [5.74, 6) is 0.167. The van der Waals surface area contributed by atoms with E-state index in [1.54, 1.807) is 4.90 Å². The van der Waals surface area contributed by atoms with Gasteiger partial charge in [-0.1, -0.05) is 0 Å². The Bertz CT molecular complexity index is 389. The number of rotatable bonds is 6. The van der Waals surface area contributed by atoms with Crippen LogP contribution in [0.15, 0.2) is 0 Å². The average Bonchev–Trinajstić information content (AvgIpc) is 2.27. The highest BCUT2D eigenvalue weighted by atomic mass is 32.2. The van der Waals surface area contributed by atoms with E-state index in [0.717, 1.165) is 12.8 Å². The maximum absolute atomic E-state index is 11.6. The van der Waals surface area contributed by atoms with Gasteiger partial charge in [-0.25, -0.2) is 8.42 Å². The largest absolute Gasteiger partial charge is 0.375 e. The van der Waals surface area contributed by atoms with E-state index in [2.05, 4.69) is 5.32 Å². The summed E-state index contributed by atoms with van der Waals surface area (Å²) in [4.78, 5) is 13.4. The molecule has 1 aliphatic rings. The lowest BCUT2D eigenvalue weighted by molar-refractivity contribution is -0.136. The summed E-state index contributed by atoms with van der Waals surface area (Å²) >= 11 is 0. The molecule has 1 amide bonds. The summed E-state index contributed by atoms with van der Waals surface area (Å²) in [6, 6.07) is 0.226. The normalized spacial score (nSPS) is 19.4. The van der Waals surface area contributed by atoms with E-state index in [0.29, 0.717) is 13.1 Å². The van der Waals surface area contributed by atoms with Crippen molar-refractivity contribution in [1.82, 2.24) is 10.2 Å². The number of piperidine rings is 1. The highest BCUT2D eigenvalue weighted by Crippen LogP contribution is 2.11. The molecule has 1 aliphatic heterocycles. The number of amides is 1. The van der Waals surface area contributed by atoms with Gasteiger partial charge in [-0.3, -0.25) is 4.79 Å². The topological polar surface area (TPSA) is 75.7 Å². The van der Waals surface area contributed by atoms with Crippen molar-refractivity contribution in [3.63, 3.8) is 0 Å². The van der Waals surface area contributed by atoms with Gasteiger partial charge in [0.1, 0.15) is 16.4 Å². The summed E-state index contributed by atoms with van der Waals surface area (Å²) in [5, 5.41) is 3.32. The molecule has 0 spiro atoms. The Morgan fingerprint density at radius 2 is 2.00 bits per heavy atom. The van der Waals surface area contributed by atoms with Crippen LogP contribution >= 0.6 is 0 Å². The smallest absolute Gasteiger partial charge is 0.248 e. The van der Waals surface area contributed by atoms with Crippen LogP contribution < -0.4 is 5.32 Å². The van der Waals surface area contributed by atoms with Gasteiger partial charge in [-0.05, 0) is 19.8 Å². The van der Waals surface area contributed by atoms with Crippen molar-refractivity contribution in [3.8, 4) is 0 Å². The van der Waals surface area contributed by atoms with E-state index in [1.807, 2.05) is 6.92 Å². The second-order valence-electron chi connectivity index (χ2n) is 5.25. The number of carbonyl (C=O) groups is 1. The van der Waals surface area contributed by atoms with Crippen LogP contribution in [0.2, 0.25) is 0 Å². The van der Waals surface area contributed by atoms with Crippen molar-refractivity contribution in [1.29, 1.82) is 0 Å². The third kappa shape index (κ3) is 6.35. The van der Waals surface area contributed by atoms with Crippen LogP contribution in [0.5, 0.6) is 0 Å². The Hall–Kier alpha value is -0.660. The number of carbonyl (C=O) groups excluding carboxylic acids is 1. The monoisotopic (exact) mass is 292 g/mol. The molecule has 0 aromatic carbocycles. The molecule has 1 saturated heterocycles. The summed E-state index contributed by atoms with van der Waals surface area (Å²) in [7, 11) is -1.44. The van der Waals surface area contributed by atoms with Gasteiger partial charge in [0, 0.05) is 38.5 Å². The van der Waals surface area contributed by atoms with Crippen LogP contribution in [0.1, 0.15) is 19.8 Å². The number of nitrogens with zero attached hydrogens (tertiary/aromatic N) is 1. The molecule has 1 atom stereocenters. The Labute approximate surface area is 115 Å². The number of nitrogens with one attached hydrogen (secondary N) is 1. The van der Waals surface area contributed by atoms with Gasteiger partial charge in [0.2, 0.25) is 5.91 Å². The summed E-state index contributed by atoms with van der Waals surface area (Å²) in [6.07, 6.45) is 2.95. The number of likely N-dealkylation sites (tertiary alicyclic amines) is 1. The first-order chi connectivity index (χ1) is 8.81. The molecule has 1 rings (SSSR count). The predicted octanol–water partition coefficient (Wildman–Crippen LogP) is -0.353. The molecule has 1 unspecified atom stereocenters. The fourth-order valence-corrected chi connectivity index (χ4v) is 3.42. The highest BCUT2D eigenvalue weighted by molar-refractivity contribution is 7.90. The SMILES string of the molecule is COCC(=O)N1CCC(NC(C)CS(C)(=O)=O)CC1. The third-order valence-electron chi connectivity index (χ3n) is 3.19. The van der Waals surface area contributed by atoms with Crippen LogP contribution in [-0.4, -0.2) is 70.1 Å². The van der Waals surface area contributed by atoms with E-state index in [-0.39, 0.29) is 30.4 Å². The van der Waals surface area contributed by atoms with E-state index in [9.17, 15) is 13.2 Å². The first-order valence-electron chi connectivity index (χ1n) is 6.52. The molecule has 0 aromatic heterocycles. The lowest BCUT2D eigenvalue weighted by Gasteiger charge is -2.33. The maximum atomic E-state index is 11.6. The number of hydrogen-bond donors (Lipinski definition) is 1. The van der Waals surface area contributed by atoms with Gasteiger partial charge in [-0.2, -0.15) is 0 Å². The van der Waals surface area contributed by atoms with E-state index < -0.39 is 9.84 Å². The second kappa shape index (κ2) is 7.21. The number of hydrogen-bond acceptors (Lipinski definition) is 5. The minimum Gasteiger partial charge on any atom is -0.375 e. The first kappa shape index (κ1) is 16.4. The Kier molecular flexibility index (Phi) is 6.22. The van der Waals surface area contributed by atoms with E-state index in [4.69, 9.17) is 4.74 Å². The Morgan fingerprint density at radius 1 is 1.42 bits per heavy atom. The molecule has 0 aromatic rings. The van der Waals surface area contributed by atoms with Crippen LogP contribution in [0, 0.1) is 0 Å². The zero-order valence-corrected chi connectivity index (χ0v) is 12.7. The van der Waals surface area contributed by atoms with Gasteiger partial charge < -0.3 is 15.0 Å². The maximum Gasteiger partial charge on any atom is 0.248 e. The minimum absolute atomic E-state index is 0.0186. The summed E-state index contributed by atoms with van der Waals surface area (Å²) in [6.45, 7) is 3.41. The van der Waals surface area contributed by atoms with Crippen molar-refractivity contribution < 1.29 is 17.9 Å². The summed E-state index contributed by atoms with van der Waals surface area (Å²) in [5.41, 5.74) is 0. The van der Waals surface area contributed by atoms with E-state index >= 15 is 0 Å². The molecule has 19 heavy (non-hydrogen) atoms. The lowest BCUT2D eigenvalue weighted by atomic mass is 10.0. The predicted molar refractivity (Wildman–Crippen MR) is 73.8 cm³/mol. The van der Waals surface area contributed by atoms with Gasteiger partial charge in [0.15, 0.2) is 0 Å². The molecular weight excluding hydrogens is 268 g/mol. The van der Waals surface area contributed by atoms with Crippen LogP contribution in [0.3, 0.4) is 0 Å². The fourth-order valence-electron chi connectivity index (χ4n) is 2.41. The highest BCUT2D eigenvalue weighted by Gasteiger charge is 2.24. The van der Waals surface area contributed by atoms with Crippen molar-refractivity contribution >= 4 is 15.7 Å². The Balaban J connectivity index is 2.32. The molecule has 0 saturated carbocycles. The number of sulfone groups is 1. The van der Waals surface area contributed by atoms with Gasteiger partial charge >= 0.3 is 0 Å². The average molecular weight is 292 g/mol. The fraction of sp³-hybridized carbons (Fsp3) is 0.917. The third-order valence-corrected chi connectivity index (χ3v) is 4.29. The Morgan fingerprint density at radius 3 is 2.47 bits per heavy atom. The van der Waals surface area contributed by atoms with Crippen molar-refractivity contribution in [2.45, 2.75) is 31.8 Å². The minimum atomic E-state index is -2.95. The second-order valence-corrected chi connectivity index (χ2v) is 7.43. The molecule has 7 heteroatoms. The molecule has 112 valence electrons. The van der Waals surface area contributed by atoms with Crippen molar-refractivity contribution in [2.24, 2.45) is 0 Å². The quantitative estimate of drug-likeness (QED) is 0.724. The number of methoxy groups -OCH3 is 1. The van der Waals surface area contributed by atoms with Crippen LogP contribution in [0.4, 0.5) is 0 Å². The molecule has 6 nitrogen and oxygen atoms in total. The molecule has 0 aliphatic carbocycles. The first-order valence-corrected chi connectivity index (χ1v) is 8.58. The zero-order valence-electron chi connectivity index (χ0n) is 11.9. The molecule has 0 radical (unpaired) electrons. The lowest BCUT2D eigenvalue weighted by Crippen LogP contribution is -2.49. The number of ether oxygens (including phenoxy) is 1. The van der Waals surface area contributed by atoms with E-state index in [1.165, 1.54) is 13.4 Å². The molecule has 0 bridgehead atoms. The van der Waals surface area contributed by atoms with Gasteiger partial charge in [0.25, 0.3) is 0 Å². The van der Waals surface area contributed by atoms with Gasteiger partial charge in [0.05, 0.1) is 5.75 Å². The standard InChI is InChI=1S/C12H24N2O4S/c1-10(9-19(3,16)17)13-11-4-6-14(7-5-11)12(15)8-18-2/h10-11,13H,4-9H2,1-3H3. The van der Waals surface area contributed by atoms with Crippen molar-refractivity contribution in [3.05, 3.63) is 0 Å². The van der Waals surface area contributed by atoms with Crippen LogP contribution in [0.25, 0.3) is 0 Å². The summed E-state index contributed by atoms with van der Waals surface area (Å²) < 4.78 is 27.2. The molecule has 1 heterocycles. The zero-order chi connectivity index (χ0) is 14.5.